The van der Waals surface area contributed by atoms with E-state index in [1.807, 2.05) is 19.1 Å². The molecule has 11 heteroatoms. The topological polar surface area (TPSA) is 113 Å². The molecule has 2 N–H and O–H groups in total. The summed E-state index contributed by atoms with van der Waals surface area (Å²) in [7, 11) is 1.39. The van der Waals surface area contributed by atoms with Crippen LogP contribution in [0.4, 0.5) is 9.52 Å². The first-order valence-corrected chi connectivity index (χ1v) is 13.9. The highest BCUT2D eigenvalue weighted by atomic mass is 32.2. The van der Waals surface area contributed by atoms with Crippen LogP contribution in [0.5, 0.6) is 11.5 Å². The maximum absolute atomic E-state index is 13.5. The second-order valence-corrected chi connectivity index (χ2v) is 11.4. The maximum atomic E-state index is 13.5. The minimum atomic E-state index is -1.06. The van der Waals surface area contributed by atoms with E-state index >= 15 is 0 Å². The molecule has 1 amide bonds. The normalized spacial score (nSPS) is 16.5. The number of carbonyl (C=O) groups excluding carboxylic acids is 2. The van der Waals surface area contributed by atoms with Gasteiger partial charge < -0.3 is 14.9 Å². The number of aryl methyl sites for hydroxylation is 2. The molecule has 1 aliphatic heterocycles. The van der Waals surface area contributed by atoms with Crippen LogP contribution in [0.1, 0.15) is 33.9 Å². The Labute approximate surface area is 237 Å². The number of aromatic hydroxyl groups is 1. The highest BCUT2D eigenvalue weighted by molar-refractivity contribution is 8.00. The number of phenols is 1. The number of benzene rings is 3. The highest BCUT2D eigenvalue weighted by Gasteiger charge is 2.48. The van der Waals surface area contributed by atoms with Crippen molar-refractivity contribution in [3.63, 3.8) is 0 Å². The van der Waals surface area contributed by atoms with Crippen LogP contribution < -0.4 is 9.64 Å². The molecular weight excluding hydrogens is 553 g/mol. The van der Waals surface area contributed by atoms with Gasteiger partial charge in [0.1, 0.15) is 11.6 Å². The Bertz CT molecular complexity index is 1650. The lowest BCUT2D eigenvalue weighted by Crippen LogP contribution is -2.29. The van der Waals surface area contributed by atoms with Gasteiger partial charge in [-0.2, -0.15) is 0 Å². The monoisotopic (exact) mass is 577 g/mol. The molecule has 0 bridgehead atoms. The third-order valence-electron chi connectivity index (χ3n) is 6.49. The van der Waals surface area contributed by atoms with Gasteiger partial charge in [-0.05, 0) is 60.9 Å². The number of halogens is 1. The van der Waals surface area contributed by atoms with Crippen LogP contribution in [0.15, 0.2) is 70.6 Å². The molecule has 1 aliphatic rings. The first-order valence-electron chi connectivity index (χ1n) is 12.1. The zero-order valence-corrected chi connectivity index (χ0v) is 23.3. The average molecular weight is 578 g/mol. The highest BCUT2D eigenvalue weighted by Crippen LogP contribution is 2.45. The number of methoxy groups -OCH3 is 1. The van der Waals surface area contributed by atoms with E-state index in [0.717, 1.165) is 28.0 Å². The molecule has 8 nitrogen and oxygen atoms in total. The summed E-state index contributed by atoms with van der Waals surface area (Å²) in [5.41, 5.74) is 3.23. The van der Waals surface area contributed by atoms with E-state index in [1.165, 1.54) is 48.0 Å². The number of amides is 1. The van der Waals surface area contributed by atoms with E-state index in [9.17, 15) is 24.2 Å². The van der Waals surface area contributed by atoms with Gasteiger partial charge in [-0.25, -0.2) is 4.39 Å². The Morgan fingerprint density at radius 2 is 1.82 bits per heavy atom. The predicted molar refractivity (Wildman–Crippen MR) is 151 cm³/mol. The number of thioether (sulfide) groups is 1. The Morgan fingerprint density at radius 1 is 1.07 bits per heavy atom. The number of aromatic nitrogens is 2. The van der Waals surface area contributed by atoms with Gasteiger partial charge in [0.15, 0.2) is 15.8 Å². The standard InChI is InChI=1S/C29H24FN3O5S2/c1-15-4-5-16(2)20(12-15)25(35)23-24(18-8-11-21(34)22(13-18)38-3)33(27(37)26(23)36)28-31-32-29(40-28)39-14-17-6-9-19(30)10-7-17/h4-13,24,34-35H,14H2,1-3H3/b25-23+. The van der Waals surface area contributed by atoms with E-state index in [0.29, 0.717) is 21.2 Å². The number of aliphatic hydroxyl groups is 1. The number of aliphatic hydroxyl groups excluding tert-OH is 1. The van der Waals surface area contributed by atoms with Gasteiger partial charge in [-0.1, -0.05) is 59.0 Å². The molecule has 0 radical (unpaired) electrons. The van der Waals surface area contributed by atoms with Crippen molar-refractivity contribution in [2.45, 2.75) is 30.0 Å². The molecule has 0 aliphatic carbocycles. The van der Waals surface area contributed by atoms with Crippen molar-refractivity contribution in [1.82, 2.24) is 10.2 Å². The van der Waals surface area contributed by atoms with Crippen LogP contribution in [-0.4, -0.2) is 39.2 Å². The van der Waals surface area contributed by atoms with Crippen molar-refractivity contribution in [2.24, 2.45) is 0 Å². The third-order valence-corrected chi connectivity index (χ3v) is 8.62. The minimum Gasteiger partial charge on any atom is -0.507 e. The predicted octanol–water partition coefficient (Wildman–Crippen LogP) is 5.93. The number of anilines is 1. The molecule has 204 valence electrons. The fourth-order valence-electron chi connectivity index (χ4n) is 4.43. The molecule has 0 saturated carbocycles. The van der Waals surface area contributed by atoms with E-state index in [2.05, 4.69) is 10.2 Å². The molecule has 3 aromatic carbocycles. The Kier molecular flexibility index (Phi) is 7.59. The van der Waals surface area contributed by atoms with Crippen molar-refractivity contribution in [3.8, 4) is 11.5 Å². The quantitative estimate of drug-likeness (QED) is 0.0914. The second kappa shape index (κ2) is 11.1. The number of hydrogen-bond donors (Lipinski definition) is 2. The molecule has 40 heavy (non-hydrogen) atoms. The molecule has 1 atom stereocenters. The molecule has 0 spiro atoms. The summed E-state index contributed by atoms with van der Waals surface area (Å²) in [5.74, 6) is -1.85. The van der Waals surface area contributed by atoms with Crippen LogP contribution in [0, 0.1) is 19.7 Å². The summed E-state index contributed by atoms with van der Waals surface area (Å²) in [5, 5.41) is 30.2. The molecule has 2 heterocycles. The van der Waals surface area contributed by atoms with E-state index < -0.39 is 17.7 Å². The van der Waals surface area contributed by atoms with Crippen molar-refractivity contribution in [2.75, 3.05) is 12.0 Å². The van der Waals surface area contributed by atoms with E-state index in [4.69, 9.17) is 4.74 Å². The van der Waals surface area contributed by atoms with Crippen LogP contribution >= 0.6 is 23.1 Å². The zero-order chi connectivity index (χ0) is 28.6. The maximum Gasteiger partial charge on any atom is 0.301 e. The first kappa shape index (κ1) is 27.4. The van der Waals surface area contributed by atoms with Gasteiger partial charge in [-0.15, -0.1) is 10.2 Å². The minimum absolute atomic E-state index is 0.109. The second-order valence-electron chi connectivity index (χ2n) is 9.18. The van der Waals surface area contributed by atoms with E-state index in [-0.39, 0.29) is 33.8 Å². The smallest absolute Gasteiger partial charge is 0.301 e. The Morgan fingerprint density at radius 3 is 2.55 bits per heavy atom. The summed E-state index contributed by atoms with van der Waals surface area (Å²) in [6.07, 6.45) is 0. The summed E-state index contributed by atoms with van der Waals surface area (Å²) in [4.78, 5) is 28.2. The van der Waals surface area contributed by atoms with Crippen LogP contribution in [0.2, 0.25) is 0 Å². The molecular formula is C29H24FN3O5S2. The lowest BCUT2D eigenvalue weighted by Gasteiger charge is -2.23. The van der Waals surface area contributed by atoms with Gasteiger partial charge in [0.2, 0.25) is 5.13 Å². The number of carbonyl (C=O) groups is 2. The number of ether oxygens (including phenoxy) is 1. The first-order chi connectivity index (χ1) is 19.2. The SMILES string of the molecule is COc1cc(C2/C(=C(\O)c3cc(C)ccc3C)C(=O)C(=O)N2c2nnc(SCc3ccc(F)cc3)s2)ccc1O. The summed E-state index contributed by atoms with van der Waals surface area (Å²) >= 11 is 2.48. The van der Waals surface area contributed by atoms with Crippen LogP contribution in [0.25, 0.3) is 5.76 Å². The van der Waals surface area contributed by atoms with Crippen LogP contribution in [0.3, 0.4) is 0 Å². The summed E-state index contributed by atoms with van der Waals surface area (Å²) in [6, 6.07) is 15.0. The lowest BCUT2D eigenvalue weighted by molar-refractivity contribution is -0.132. The number of hydrogen-bond acceptors (Lipinski definition) is 9. The van der Waals surface area contributed by atoms with Crippen molar-refractivity contribution >= 4 is 45.7 Å². The Balaban J connectivity index is 1.59. The fraction of sp³-hybridized carbons (Fsp3) is 0.172. The molecule has 1 fully saturated rings. The van der Waals surface area contributed by atoms with Crippen molar-refractivity contribution in [3.05, 3.63) is 99.9 Å². The van der Waals surface area contributed by atoms with Gasteiger partial charge in [0.25, 0.3) is 5.78 Å². The Hall–Kier alpha value is -4.22. The van der Waals surface area contributed by atoms with Gasteiger partial charge in [-0.3, -0.25) is 14.5 Å². The summed E-state index contributed by atoms with van der Waals surface area (Å²) in [6.45, 7) is 3.67. The largest absolute Gasteiger partial charge is 0.507 e. The number of phenolic OH excluding ortho intramolecular Hbond substituents is 1. The van der Waals surface area contributed by atoms with Crippen molar-refractivity contribution < 1.29 is 28.9 Å². The van der Waals surface area contributed by atoms with Gasteiger partial charge >= 0.3 is 5.91 Å². The number of rotatable bonds is 7. The molecule has 1 unspecified atom stereocenters. The molecule has 4 aromatic rings. The number of Topliss-reactive ketones (excluding diaryl/α,β-unsaturated/α-hetero) is 1. The van der Waals surface area contributed by atoms with Crippen molar-refractivity contribution in [1.29, 1.82) is 0 Å². The zero-order valence-electron chi connectivity index (χ0n) is 21.7. The number of nitrogens with zero attached hydrogens (tertiary/aromatic N) is 3. The van der Waals surface area contributed by atoms with Crippen LogP contribution in [-0.2, 0) is 15.3 Å². The van der Waals surface area contributed by atoms with Gasteiger partial charge in [0.05, 0.1) is 18.7 Å². The molecule has 5 rings (SSSR count). The molecule has 1 saturated heterocycles. The average Bonchev–Trinajstić information content (AvgIpc) is 3.51. The van der Waals surface area contributed by atoms with E-state index in [1.54, 1.807) is 31.2 Å². The fourth-order valence-corrected chi connectivity index (χ4v) is 6.25. The number of ketones is 1. The molecule has 1 aromatic heterocycles. The lowest BCUT2D eigenvalue weighted by atomic mass is 9.93. The van der Waals surface area contributed by atoms with Gasteiger partial charge in [0, 0.05) is 11.3 Å². The third kappa shape index (κ3) is 5.17. The summed E-state index contributed by atoms with van der Waals surface area (Å²) < 4.78 is 19.1.